The van der Waals surface area contributed by atoms with Gasteiger partial charge in [0.25, 0.3) is 0 Å². The highest BCUT2D eigenvalue weighted by molar-refractivity contribution is 5.79. The van der Waals surface area contributed by atoms with Crippen LogP contribution in [0.15, 0.2) is 0 Å². The molecule has 2 rings (SSSR count). The van der Waals surface area contributed by atoms with Gasteiger partial charge in [0.1, 0.15) is 0 Å². The first kappa shape index (κ1) is 12.8. The first-order chi connectivity index (χ1) is 8.20. The number of nitrogens with one attached hydrogen (secondary N) is 1. The molecular weight excluding hydrogens is 216 g/mol. The number of ether oxygens (including phenoxy) is 1. The van der Waals surface area contributed by atoms with Crippen LogP contribution in [0.4, 0.5) is 0 Å². The highest BCUT2D eigenvalue weighted by Gasteiger charge is 2.33. The fourth-order valence-electron chi connectivity index (χ4n) is 2.85. The maximum atomic E-state index is 12.1. The van der Waals surface area contributed by atoms with E-state index >= 15 is 0 Å². The molecule has 98 valence electrons. The fourth-order valence-corrected chi connectivity index (χ4v) is 2.85. The third-order valence-corrected chi connectivity index (χ3v) is 4.18. The van der Waals surface area contributed by atoms with Gasteiger partial charge in [-0.05, 0) is 25.7 Å². The van der Waals surface area contributed by atoms with E-state index in [1.165, 1.54) is 12.8 Å². The van der Waals surface area contributed by atoms with Crippen LogP contribution in [0.3, 0.4) is 0 Å². The maximum Gasteiger partial charge on any atom is 0.224 e. The molecule has 2 unspecified atom stereocenters. The first-order valence-corrected chi connectivity index (χ1v) is 6.79. The van der Waals surface area contributed by atoms with Crippen LogP contribution < -0.4 is 11.1 Å². The lowest BCUT2D eigenvalue weighted by molar-refractivity contribution is -0.128. The lowest BCUT2D eigenvalue weighted by Gasteiger charge is -2.36. The number of rotatable bonds is 3. The van der Waals surface area contributed by atoms with E-state index in [1.54, 1.807) is 7.11 Å². The van der Waals surface area contributed by atoms with E-state index in [-0.39, 0.29) is 17.9 Å². The number of methoxy groups -OCH3 is 1. The molecule has 0 bridgehead atoms. The third kappa shape index (κ3) is 3.19. The van der Waals surface area contributed by atoms with Crippen LogP contribution in [0, 0.1) is 5.92 Å². The highest BCUT2D eigenvalue weighted by Crippen LogP contribution is 2.26. The minimum absolute atomic E-state index is 0.0269. The highest BCUT2D eigenvalue weighted by atomic mass is 16.5. The second-order valence-corrected chi connectivity index (χ2v) is 5.44. The molecule has 0 aliphatic heterocycles. The number of hydrogen-bond acceptors (Lipinski definition) is 3. The minimum Gasteiger partial charge on any atom is -0.381 e. The van der Waals surface area contributed by atoms with Gasteiger partial charge >= 0.3 is 0 Å². The van der Waals surface area contributed by atoms with E-state index in [1.807, 2.05) is 0 Å². The second-order valence-electron chi connectivity index (χ2n) is 5.44. The van der Waals surface area contributed by atoms with Gasteiger partial charge in [-0.2, -0.15) is 0 Å². The van der Waals surface area contributed by atoms with E-state index in [0.717, 1.165) is 32.1 Å². The number of hydrogen-bond donors (Lipinski definition) is 2. The lowest BCUT2D eigenvalue weighted by Crippen LogP contribution is -2.51. The smallest absolute Gasteiger partial charge is 0.224 e. The topological polar surface area (TPSA) is 64.3 Å². The summed E-state index contributed by atoms with van der Waals surface area (Å²) in [4.78, 5) is 12.1. The van der Waals surface area contributed by atoms with E-state index in [4.69, 9.17) is 10.5 Å². The molecule has 0 heterocycles. The van der Waals surface area contributed by atoms with Crippen LogP contribution in [0.1, 0.15) is 44.9 Å². The summed E-state index contributed by atoms with van der Waals surface area (Å²) >= 11 is 0. The Kier molecular flexibility index (Phi) is 4.40. The molecule has 2 aliphatic carbocycles. The van der Waals surface area contributed by atoms with Crippen molar-refractivity contribution in [1.82, 2.24) is 5.32 Å². The number of nitrogens with two attached hydrogens (primary N) is 1. The normalized spacial score (nSPS) is 38.0. The van der Waals surface area contributed by atoms with Crippen molar-refractivity contribution < 1.29 is 9.53 Å². The van der Waals surface area contributed by atoms with Crippen molar-refractivity contribution in [2.45, 2.75) is 63.1 Å². The van der Waals surface area contributed by atoms with Gasteiger partial charge in [-0.1, -0.05) is 19.3 Å². The lowest BCUT2D eigenvalue weighted by atomic mass is 9.87. The Balaban J connectivity index is 1.78. The Bertz CT molecular complexity index is 264. The van der Waals surface area contributed by atoms with Gasteiger partial charge in [-0.25, -0.2) is 0 Å². The molecule has 4 heteroatoms. The van der Waals surface area contributed by atoms with Crippen LogP contribution in [-0.4, -0.2) is 31.2 Å². The number of carbonyl (C=O) groups excluding carboxylic acids is 1. The molecule has 1 amide bonds. The molecule has 2 atom stereocenters. The molecule has 0 saturated heterocycles. The van der Waals surface area contributed by atoms with Crippen molar-refractivity contribution in [2.24, 2.45) is 11.7 Å². The van der Waals surface area contributed by atoms with Gasteiger partial charge in [0.2, 0.25) is 5.91 Å². The Morgan fingerprint density at radius 1 is 1.24 bits per heavy atom. The van der Waals surface area contributed by atoms with Gasteiger partial charge in [0.05, 0.1) is 12.0 Å². The maximum absolute atomic E-state index is 12.1. The summed E-state index contributed by atoms with van der Waals surface area (Å²) in [5.41, 5.74) is 6.08. The molecule has 2 aliphatic rings. The van der Waals surface area contributed by atoms with Gasteiger partial charge in [0, 0.05) is 19.2 Å². The first-order valence-electron chi connectivity index (χ1n) is 6.79. The fraction of sp³-hybridized carbons (Fsp3) is 0.923. The van der Waals surface area contributed by atoms with Crippen molar-refractivity contribution in [3.05, 3.63) is 0 Å². The SMILES string of the molecule is COC1CC(NC(=O)C2CCCCCC2N)C1. The second kappa shape index (κ2) is 5.83. The van der Waals surface area contributed by atoms with Gasteiger partial charge in [-0.3, -0.25) is 4.79 Å². The van der Waals surface area contributed by atoms with Crippen molar-refractivity contribution in [2.75, 3.05) is 7.11 Å². The summed E-state index contributed by atoms with van der Waals surface area (Å²) in [6.45, 7) is 0. The molecule has 2 fully saturated rings. The summed E-state index contributed by atoms with van der Waals surface area (Å²) in [6, 6.07) is 0.360. The van der Waals surface area contributed by atoms with Crippen LogP contribution in [-0.2, 0) is 9.53 Å². The van der Waals surface area contributed by atoms with Crippen molar-refractivity contribution in [1.29, 1.82) is 0 Å². The summed E-state index contributed by atoms with van der Waals surface area (Å²) in [5, 5.41) is 3.11. The van der Waals surface area contributed by atoms with Crippen molar-refractivity contribution in [3.8, 4) is 0 Å². The largest absolute Gasteiger partial charge is 0.381 e. The average molecular weight is 240 g/mol. The molecule has 3 N–H and O–H groups in total. The quantitative estimate of drug-likeness (QED) is 0.728. The minimum atomic E-state index is 0.0269. The zero-order chi connectivity index (χ0) is 12.3. The number of carbonyl (C=O) groups is 1. The van der Waals surface area contributed by atoms with Crippen LogP contribution in [0.5, 0.6) is 0 Å². The Morgan fingerprint density at radius 2 is 1.94 bits per heavy atom. The standard InChI is InChI=1S/C13H24N2O2/c1-17-10-7-9(8-10)15-13(16)11-5-3-2-4-6-12(11)14/h9-12H,2-8,14H2,1H3,(H,15,16). The van der Waals surface area contributed by atoms with Crippen molar-refractivity contribution in [3.63, 3.8) is 0 Å². The Hall–Kier alpha value is -0.610. The van der Waals surface area contributed by atoms with Gasteiger partial charge < -0.3 is 15.8 Å². The Morgan fingerprint density at radius 3 is 2.65 bits per heavy atom. The monoisotopic (exact) mass is 240 g/mol. The zero-order valence-corrected chi connectivity index (χ0v) is 10.7. The predicted octanol–water partition coefficient (Wildman–Crippen LogP) is 1.19. The van der Waals surface area contributed by atoms with E-state index < -0.39 is 0 Å². The number of amides is 1. The van der Waals surface area contributed by atoms with E-state index in [2.05, 4.69) is 5.32 Å². The molecule has 4 nitrogen and oxygen atoms in total. The van der Waals surface area contributed by atoms with Crippen LogP contribution in [0.25, 0.3) is 0 Å². The van der Waals surface area contributed by atoms with E-state index in [0.29, 0.717) is 12.1 Å². The van der Waals surface area contributed by atoms with Gasteiger partial charge in [-0.15, -0.1) is 0 Å². The zero-order valence-electron chi connectivity index (χ0n) is 10.7. The molecule has 17 heavy (non-hydrogen) atoms. The summed E-state index contributed by atoms with van der Waals surface area (Å²) in [6.07, 6.45) is 7.69. The molecule has 0 radical (unpaired) electrons. The average Bonchev–Trinajstić information content (AvgIpc) is 2.47. The third-order valence-electron chi connectivity index (χ3n) is 4.18. The molecule has 0 aromatic carbocycles. The molecule has 0 spiro atoms. The molecular formula is C13H24N2O2. The summed E-state index contributed by atoms with van der Waals surface area (Å²) in [7, 11) is 1.73. The van der Waals surface area contributed by atoms with Crippen LogP contribution in [0.2, 0.25) is 0 Å². The summed E-state index contributed by atoms with van der Waals surface area (Å²) < 4.78 is 5.21. The molecule has 0 aromatic rings. The Labute approximate surface area is 103 Å². The van der Waals surface area contributed by atoms with E-state index in [9.17, 15) is 4.79 Å². The van der Waals surface area contributed by atoms with Crippen molar-refractivity contribution >= 4 is 5.91 Å². The van der Waals surface area contributed by atoms with Gasteiger partial charge in [0.15, 0.2) is 0 Å². The molecule has 2 saturated carbocycles. The molecule has 0 aromatic heterocycles. The van der Waals surface area contributed by atoms with Crippen LogP contribution >= 0.6 is 0 Å². The predicted molar refractivity (Wildman–Crippen MR) is 66.5 cm³/mol. The summed E-state index contributed by atoms with van der Waals surface area (Å²) in [5.74, 6) is 0.193.